The summed E-state index contributed by atoms with van der Waals surface area (Å²) in [6.45, 7) is 2.10. The quantitative estimate of drug-likeness (QED) is 0.748. The molecule has 20 heavy (non-hydrogen) atoms. The zero-order chi connectivity index (χ0) is 15.0. The van der Waals surface area contributed by atoms with Crippen molar-refractivity contribution in [2.45, 2.75) is 19.8 Å². The van der Waals surface area contributed by atoms with Gasteiger partial charge in [-0.25, -0.2) is 0 Å². The summed E-state index contributed by atoms with van der Waals surface area (Å²) in [5.74, 6) is -1.65. The van der Waals surface area contributed by atoms with Crippen molar-refractivity contribution in [2.24, 2.45) is 5.92 Å². The van der Waals surface area contributed by atoms with Crippen molar-refractivity contribution in [2.75, 3.05) is 19.7 Å². The molecule has 5 heteroatoms. The van der Waals surface area contributed by atoms with Crippen molar-refractivity contribution in [3.63, 3.8) is 0 Å². The summed E-state index contributed by atoms with van der Waals surface area (Å²) in [5, 5.41) is 17.8. The molecular formula is C15H21NO4. The molecule has 110 valence electrons. The monoisotopic (exact) mass is 279 g/mol. The average Bonchev–Trinajstić information content (AvgIpc) is 2.43. The third kappa shape index (κ3) is 5.40. The van der Waals surface area contributed by atoms with E-state index in [4.69, 9.17) is 10.2 Å². The Bertz CT molecular complexity index is 433. The summed E-state index contributed by atoms with van der Waals surface area (Å²) in [6.07, 6.45) is 0.700. The van der Waals surface area contributed by atoms with Gasteiger partial charge in [-0.15, -0.1) is 0 Å². The smallest absolute Gasteiger partial charge is 0.308 e. The average molecular weight is 279 g/mol. The topological polar surface area (TPSA) is 77.8 Å². The van der Waals surface area contributed by atoms with Gasteiger partial charge in [0.1, 0.15) is 0 Å². The predicted molar refractivity (Wildman–Crippen MR) is 75.2 cm³/mol. The lowest BCUT2D eigenvalue weighted by molar-refractivity contribution is -0.143. The summed E-state index contributed by atoms with van der Waals surface area (Å²) < 4.78 is 0. The molecule has 1 unspecified atom stereocenters. The minimum Gasteiger partial charge on any atom is -0.481 e. The van der Waals surface area contributed by atoms with Gasteiger partial charge in [-0.3, -0.25) is 9.59 Å². The lowest BCUT2D eigenvalue weighted by Crippen LogP contribution is -2.38. The van der Waals surface area contributed by atoms with Gasteiger partial charge in [0.05, 0.1) is 12.3 Å². The van der Waals surface area contributed by atoms with Gasteiger partial charge in [-0.2, -0.15) is 0 Å². The Morgan fingerprint density at radius 3 is 2.45 bits per heavy atom. The predicted octanol–water partition coefficient (Wildman–Crippen LogP) is 1.16. The molecule has 2 N–H and O–H groups in total. The number of aliphatic hydroxyl groups excluding tert-OH is 1. The first-order chi connectivity index (χ1) is 9.54. The number of aliphatic hydroxyl groups is 1. The van der Waals surface area contributed by atoms with Crippen molar-refractivity contribution < 1.29 is 19.8 Å². The van der Waals surface area contributed by atoms with Crippen LogP contribution in [-0.4, -0.2) is 46.7 Å². The molecule has 0 aliphatic carbocycles. The molecule has 0 saturated heterocycles. The number of rotatable bonds is 8. The van der Waals surface area contributed by atoms with E-state index in [2.05, 4.69) is 0 Å². The summed E-state index contributed by atoms with van der Waals surface area (Å²) in [7, 11) is 0. The summed E-state index contributed by atoms with van der Waals surface area (Å²) in [5.41, 5.74) is 0.898. The van der Waals surface area contributed by atoms with Crippen molar-refractivity contribution >= 4 is 11.9 Å². The maximum Gasteiger partial charge on any atom is 0.308 e. The maximum atomic E-state index is 12.2. The largest absolute Gasteiger partial charge is 0.481 e. The highest BCUT2D eigenvalue weighted by atomic mass is 16.4. The molecule has 1 aromatic rings. The first-order valence-corrected chi connectivity index (χ1v) is 6.70. The Kier molecular flexibility index (Phi) is 6.73. The van der Waals surface area contributed by atoms with Crippen LogP contribution < -0.4 is 0 Å². The molecule has 1 rings (SSSR count). The van der Waals surface area contributed by atoms with Crippen LogP contribution >= 0.6 is 0 Å². The Hall–Kier alpha value is -1.88. The highest BCUT2D eigenvalue weighted by molar-refractivity contribution is 5.79. The molecular weight excluding hydrogens is 258 g/mol. The van der Waals surface area contributed by atoms with E-state index in [0.29, 0.717) is 13.0 Å². The molecule has 5 nitrogen and oxygen atoms in total. The number of amides is 1. The lowest BCUT2D eigenvalue weighted by Gasteiger charge is -2.24. The van der Waals surface area contributed by atoms with E-state index < -0.39 is 11.9 Å². The molecule has 0 aromatic heterocycles. The lowest BCUT2D eigenvalue weighted by atomic mass is 10.1. The third-order valence-corrected chi connectivity index (χ3v) is 3.05. The number of benzene rings is 1. The SMILES string of the molecule is CC(CN(CCCO)C(=O)Cc1ccccc1)C(=O)O. The molecule has 1 aromatic carbocycles. The second-order valence-corrected chi connectivity index (χ2v) is 4.82. The summed E-state index contributed by atoms with van der Waals surface area (Å²) >= 11 is 0. The number of aliphatic carboxylic acids is 1. The fourth-order valence-electron chi connectivity index (χ4n) is 1.87. The number of carbonyl (C=O) groups is 2. The van der Waals surface area contributed by atoms with Crippen LogP contribution in [0.3, 0.4) is 0 Å². The number of carbonyl (C=O) groups excluding carboxylic acids is 1. The maximum absolute atomic E-state index is 12.2. The molecule has 1 amide bonds. The fraction of sp³-hybridized carbons (Fsp3) is 0.467. The van der Waals surface area contributed by atoms with Crippen LogP contribution in [0, 0.1) is 5.92 Å². The Labute approximate surface area is 118 Å². The first kappa shape index (κ1) is 16.2. The van der Waals surface area contributed by atoms with Gasteiger partial charge < -0.3 is 15.1 Å². The Morgan fingerprint density at radius 2 is 1.90 bits per heavy atom. The van der Waals surface area contributed by atoms with Crippen molar-refractivity contribution in [1.82, 2.24) is 4.90 Å². The first-order valence-electron chi connectivity index (χ1n) is 6.70. The van der Waals surface area contributed by atoms with Gasteiger partial charge in [0.15, 0.2) is 0 Å². The standard InChI is InChI=1S/C15H21NO4/c1-12(15(19)20)11-16(8-5-9-17)14(18)10-13-6-3-2-4-7-13/h2-4,6-7,12,17H,5,8-11H2,1H3,(H,19,20). The molecule has 0 spiro atoms. The fourth-order valence-corrected chi connectivity index (χ4v) is 1.87. The molecule has 0 aliphatic rings. The van der Waals surface area contributed by atoms with Crippen LogP contribution in [0.15, 0.2) is 30.3 Å². The molecule has 1 atom stereocenters. The molecule has 0 saturated carbocycles. The number of hydrogen-bond donors (Lipinski definition) is 2. The molecule has 0 aliphatic heterocycles. The number of hydrogen-bond acceptors (Lipinski definition) is 3. The van der Waals surface area contributed by atoms with Gasteiger partial charge in [0.25, 0.3) is 0 Å². The van der Waals surface area contributed by atoms with E-state index >= 15 is 0 Å². The normalized spacial score (nSPS) is 11.9. The molecule has 0 bridgehead atoms. The van der Waals surface area contributed by atoms with E-state index in [-0.39, 0.29) is 25.5 Å². The molecule has 0 heterocycles. The van der Waals surface area contributed by atoms with Gasteiger partial charge in [-0.05, 0) is 12.0 Å². The Morgan fingerprint density at radius 1 is 1.25 bits per heavy atom. The van der Waals surface area contributed by atoms with Crippen LogP contribution in [0.5, 0.6) is 0 Å². The summed E-state index contributed by atoms with van der Waals surface area (Å²) in [4.78, 5) is 24.6. The van der Waals surface area contributed by atoms with Crippen LogP contribution in [0.25, 0.3) is 0 Å². The van der Waals surface area contributed by atoms with E-state index in [1.807, 2.05) is 30.3 Å². The van der Waals surface area contributed by atoms with Crippen LogP contribution in [0.2, 0.25) is 0 Å². The van der Waals surface area contributed by atoms with Gasteiger partial charge in [-0.1, -0.05) is 37.3 Å². The highest BCUT2D eigenvalue weighted by Gasteiger charge is 2.20. The van der Waals surface area contributed by atoms with Gasteiger partial charge in [0.2, 0.25) is 5.91 Å². The second-order valence-electron chi connectivity index (χ2n) is 4.82. The van der Waals surface area contributed by atoms with E-state index in [0.717, 1.165) is 5.56 Å². The number of carboxylic acid groups (broad SMARTS) is 1. The number of nitrogens with zero attached hydrogens (tertiary/aromatic N) is 1. The minimum atomic E-state index is -0.925. The van der Waals surface area contributed by atoms with Gasteiger partial charge in [0, 0.05) is 19.7 Å². The zero-order valence-corrected chi connectivity index (χ0v) is 11.7. The van der Waals surface area contributed by atoms with Crippen molar-refractivity contribution in [3.05, 3.63) is 35.9 Å². The zero-order valence-electron chi connectivity index (χ0n) is 11.7. The third-order valence-electron chi connectivity index (χ3n) is 3.05. The van der Waals surface area contributed by atoms with Crippen LogP contribution in [0.1, 0.15) is 18.9 Å². The van der Waals surface area contributed by atoms with Crippen molar-refractivity contribution in [3.8, 4) is 0 Å². The molecule has 0 fully saturated rings. The Balaban J connectivity index is 2.66. The second kappa shape index (κ2) is 8.32. The van der Waals surface area contributed by atoms with Crippen LogP contribution in [-0.2, 0) is 16.0 Å². The number of carboxylic acids is 1. The van der Waals surface area contributed by atoms with Gasteiger partial charge >= 0.3 is 5.97 Å². The van der Waals surface area contributed by atoms with E-state index in [1.165, 1.54) is 4.90 Å². The highest BCUT2D eigenvalue weighted by Crippen LogP contribution is 2.07. The molecule has 0 radical (unpaired) electrons. The van der Waals surface area contributed by atoms with E-state index in [1.54, 1.807) is 6.92 Å². The van der Waals surface area contributed by atoms with E-state index in [9.17, 15) is 9.59 Å². The summed E-state index contributed by atoms with van der Waals surface area (Å²) in [6, 6.07) is 9.33. The van der Waals surface area contributed by atoms with Crippen molar-refractivity contribution in [1.29, 1.82) is 0 Å². The van der Waals surface area contributed by atoms with Crippen LogP contribution in [0.4, 0.5) is 0 Å². The minimum absolute atomic E-state index is 0.0173.